The maximum absolute atomic E-state index is 13.3. The Labute approximate surface area is 214 Å². The Kier molecular flexibility index (Phi) is 10.1. The van der Waals surface area contributed by atoms with Crippen molar-refractivity contribution < 1.29 is 40.7 Å². The third kappa shape index (κ3) is 7.65. The summed E-state index contributed by atoms with van der Waals surface area (Å²) in [5, 5.41) is 5.38. The van der Waals surface area contributed by atoms with Gasteiger partial charge in [0.05, 0.1) is 23.6 Å². The number of halogens is 3. The molecule has 0 aromatic heterocycles. The number of carbonyl (C=O) groups is 3. The van der Waals surface area contributed by atoms with E-state index < -0.39 is 68.6 Å². The average Bonchev–Trinajstić information content (AvgIpc) is 2.84. The Hall–Kier alpha value is -2.71. The van der Waals surface area contributed by atoms with Crippen LogP contribution in [0, 0.1) is 5.92 Å². The topological polar surface area (TPSA) is 134 Å². The van der Waals surface area contributed by atoms with Crippen molar-refractivity contribution in [2.75, 3.05) is 20.7 Å². The molecule has 1 heterocycles. The Bertz CT molecular complexity index is 1100. The van der Waals surface area contributed by atoms with Crippen LogP contribution in [0.4, 0.5) is 13.2 Å². The Morgan fingerprint density at radius 3 is 2.35 bits per heavy atom. The van der Waals surface area contributed by atoms with E-state index in [0.29, 0.717) is 6.07 Å². The first-order valence-corrected chi connectivity index (χ1v) is 13.2. The molecule has 1 aliphatic heterocycles. The number of alkyl halides is 3. The molecular formula is C23H33F3N4O6S. The molecule has 0 radical (unpaired) electrons. The summed E-state index contributed by atoms with van der Waals surface area (Å²) in [6, 6.07) is -0.321. The van der Waals surface area contributed by atoms with Crippen molar-refractivity contribution in [3.8, 4) is 0 Å². The highest BCUT2D eigenvalue weighted by atomic mass is 32.2. The van der Waals surface area contributed by atoms with Crippen LogP contribution in [0.2, 0.25) is 0 Å². The number of nitrogens with zero attached hydrogens (tertiary/aromatic N) is 1. The highest BCUT2D eigenvalue weighted by Gasteiger charge is 2.40. The van der Waals surface area contributed by atoms with Gasteiger partial charge in [-0.15, -0.1) is 0 Å². The van der Waals surface area contributed by atoms with Crippen molar-refractivity contribution in [3.05, 3.63) is 29.8 Å². The van der Waals surface area contributed by atoms with Crippen LogP contribution in [0.5, 0.6) is 0 Å². The average molecular weight is 551 g/mol. The lowest BCUT2D eigenvalue weighted by Crippen LogP contribution is -2.61. The molecular weight excluding hydrogens is 517 g/mol. The van der Waals surface area contributed by atoms with Crippen LogP contribution in [-0.4, -0.2) is 76.0 Å². The molecule has 4 atom stereocenters. The summed E-state index contributed by atoms with van der Waals surface area (Å²) in [6.45, 7) is 5.00. The maximum atomic E-state index is 13.3. The van der Waals surface area contributed by atoms with Gasteiger partial charge in [-0.25, -0.2) is 17.9 Å². The number of sulfonamides is 1. The summed E-state index contributed by atoms with van der Waals surface area (Å²) in [4.78, 5) is 39.1. The molecule has 0 bridgehead atoms. The predicted octanol–water partition coefficient (Wildman–Crippen LogP) is 1.27. The molecule has 3 N–H and O–H groups in total. The minimum absolute atomic E-state index is 0.00326. The number of likely N-dealkylation sites (N-methyl/N-ethyl adjacent to an activating group) is 1. The van der Waals surface area contributed by atoms with Gasteiger partial charge >= 0.3 is 12.1 Å². The Balaban J connectivity index is 2.31. The fourth-order valence-corrected chi connectivity index (χ4v) is 5.29. The minimum Gasteiger partial charge on any atom is -0.467 e. The molecule has 2 rings (SSSR count). The lowest BCUT2D eigenvalue weighted by atomic mass is 9.95. The summed E-state index contributed by atoms with van der Waals surface area (Å²) < 4.78 is 72.1. The third-order valence-electron chi connectivity index (χ3n) is 6.20. The molecule has 1 aromatic carbocycles. The second kappa shape index (κ2) is 12.2. The number of methoxy groups -OCH3 is 1. The number of ether oxygens (including phenoxy) is 1. The van der Waals surface area contributed by atoms with Gasteiger partial charge in [-0.2, -0.15) is 13.2 Å². The maximum Gasteiger partial charge on any atom is 0.416 e. The molecule has 1 saturated heterocycles. The van der Waals surface area contributed by atoms with Gasteiger partial charge in [-0.05, 0) is 50.9 Å². The Morgan fingerprint density at radius 2 is 1.81 bits per heavy atom. The Morgan fingerprint density at radius 1 is 1.16 bits per heavy atom. The van der Waals surface area contributed by atoms with E-state index in [0.717, 1.165) is 18.2 Å². The van der Waals surface area contributed by atoms with Crippen LogP contribution in [0.1, 0.15) is 39.2 Å². The first-order valence-electron chi connectivity index (χ1n) is 11.7. The van der Waals surface area contributed by atoms with Crippen molar-refractivity contribution in [1.82, 2.24) is 20.3 Å². The number of likely N-dealkylation sites (tertiary alicyclic amines) is 1. The molecule has 0 aliphatic carbocycles. The number of hydrogen-bond donors (Lipinski definition) is 3. The highest BCUT2D eigenvalue weighted by Crippen LogP contribution is 2.31. The zero-order chi connectivity index (χ0) is 28.1. The highest BCUT2D eigenvalue weighted by molar-refractivity contribution is 7.89. The third-order valence-corrected chi connectivity index (χ3v) is 7.72. The summed E-state index contributed by atoms with van der Waals surface area (Å²) in [5.74, 6) is -2.09. The zero-order valence-corrected chi connectivity index (χ0v) is 22.1. The molecule has 0 spiro atoms. The second-order valence-electron chi connectivity index (χ2n) is 9.18. The molecule has 1 aromatic rings. The van der Waals surface area contributed by atoms with Gasteiger partial charge < -0.3 is 20.3 Å². The van der Waals surface area contributed by atoms with Crippen LogP contribution in [0.15, 0.2) is 29.2 Å². The first-order chi connectivity index (χ1) is 17.1. The van der Waals surface area contributed by atoms with E-state index in [1.807, 2.05) is 0 Å². The summed E-state index contributed by atoms with van der Waals surface area (Å²) in [6.07, 6.45) is -4.76. The van der Waals surface area contributed by atoms with Crippen LogP contribution in [0.25, 0.3) is 0 Å². The van der Waals surface area contributed by atoms with Crippen molar-refractivity contribution in [2.45, 2.75) is 68.9 Å². The van der Waals surface area contributed by atoms with E-state index in [-0.39, 0.29) is 25.3 Å². The number of piperidine rings is 1. The number of amides is 2. The largest absolute Gasteiger partial charge is 0.467 e. The monoisotopic (exact) mass is 550 g/mol. The number of esters is 1. The zero-order valence-electron chi connectivity index (χ0n) is 21.3. The molecule has 1 aliphatic rings. The van der Waals surface area contributed by atoms with Gasteiger partial charge in [0.15, 0.2) is 0 Å². The van der Waals surface area contributed by atoms with Gasteiger partial charge in [0.2, 0.25) is 21.8 Å². The quantitative estimate of drug-likeness (QED) is 0.394. The van der Waals surface area contributed by atoms with Gasteiger partial charge in [0.1, 0.15) is 12.1 Å². The number of hydrogen-bond acceptors (Lipinski definition) is 7. The smallest absolute Gasteiger partial charge is 0.416 e. The van der Waals surface area contributed by atoms with Crippen LogP contribution >= 0.6 is 0 Å². The SMILES string of the molecule is CN[C@@H](C)C(=O)N1CC[C@H](NS(=O)(=O)c2cccc(C(F)(F)F)c2)C[C@H]1C(=O)N[C@@H](C(=O)OC)C(C)C. The summed E-state index contributed by atoms with van der Waals surface area (Å²) in [7, 11) is -1.63. The second-order valence-corrected chi connectivity index (χ2v) is 10.9. The molecule has 37 heavy (non-hydrogen) atoms. The predicted molar refractivity (Wildman–Crippen MR) is 128 cm³/mol. The van der Waals surface area contributed by atoms with E-state index in [2.05, 4.69) is 15.4 Å². The van der Waals surface area contributed by atoms with Crippen molar-refractivity contribution >= 4 is 27.8 Å². The standard InChI is InChI=1S/C23H33F3N4O6S/c1-13(2)19(22(33)36-5)28-20(31)18-12-16(9-10-30(18)21(32)14(3)27-4)29-37(34,35)17-8-6-7-15(11-17)23(24,25)26/h6-8,11,13-14,16,18-19,27,29H,9-10,12H2,1-5H3,(H,28,31)/t14-,16-,18-,19+/m0/s1. The molecule has 10 nitrogen and oxygen atoms in total. The van der Waals surface area contributed by atoms with Gasteiger partial charge in [-0.1, -0.05) is 19.9 Å². The minimum atomic E-state index is -4.73. The van der Waals surface area contributed by atoms with Crippen LogP contribution in [0.3, 0.4) is 0 Å². The lowest BCUT2D eigenvalue weighted by Gasteiger charge is -2.40. The van der Waals surface area contributed by atoms with Crippen molar-refractivity contribution in [2.24, 2.45) is 5.92 Å². The molecule has 1 fully saturated rings. The van der Waals surface area contributed by atoms with E-state index in [4.69, 9.17) is 4.74 Å². The van der Waals surface area contributed by atoms with Gasteiger partial charge in [0.25, 0.3) is 0 Å². The molecule has 14 heteroatoms. The van der Waals surface area contributed by atoms with Gasteiger partial charge in [-0.3, -0.25) is 9.59 Å². The number of carbonyl (C=O) groups excluding carboxylic acids is 3. The normalized spacial score (nSPS) is 20.3. The molecule has 0 unspecified atom stereocenters. The van der Waals surface area contributed by atoms with Crippen molar-refractivity contribution in [1.29, 1.82) is 0 Å². The van der Waals surface area contributed by atoms with Crippen molar-refractivity contribution in [3.63, 3.8) is 0 Å². The number of nitrogens with one attached hydrogen (secondary N) is 3. The fraction of sp³-hybridized carbons (Fsp3) is 0.609. The fourth-order valence-electron chi connectivity index (χ4n) is 3.96. The number of rotatable bonds is 9. The first kappa shape index (κ1) is 30.5. The van der Waals surface area contributed by atoms with E-state index >= 15 is 0 Å². The lowest BCUT2D eigenvalue weighted by molar-refractivity contribution is -0.149. The van der Waals surface area contributed by atoms with E-state index in [1.165, 1.54) is 12.0 Å². The van der Waals surface area contributed by atoms with E-state index in [1.54, 1.807) is 27.8 Å². The summed E-state index contributed by atoms with van der Waals surface area (Å²) in [5.41, 5.74) is -1.11. The van der Waals surface area contributed by atoms with E-state index in [9.17, 15) is 36.0 Å². The van der Waals surface area contributed by atoms with Crippen LogP contribution < -0.4 is 15.4 Å². The van der Waals surface area contributed by atoms with Crippen LogP contribution in [-0.2, 0) is 35.3 Å². The number of benzene rings is 1. The molecule has 2 amide bonds. The molecule has 0 saturated carbocycles. The molecule has 208 valence electrons. The van der Waals surface area contributed by atoms with Gasteiger partial charge in [0, 0.05) is 12.6 Å². The summed E-state index contributed by atoms with van der Waals surface area (Å²) >= 11 is 0.